The van der Waals surface area contributed by atoms with Crippen LogP contribution >= 0.6 is 0 Å². The third-order valence-electron chi connectivity index (χ3n) is 3.89. The standard InChI is InChI=1S/C16H20N6O2/c1-4-17-11-8-7-10(9-18-11)13-19-12-14(20-13)21(5-2)16(24)22(6-3)15(12)23/h7-9H,4-6H2,1-3H3,(H,17,18)(H,19,20). The lowest BCUT2D eigenvalue weighted by Crippen LogP contribution is -2.39. The highest BCUT2D eigenvalue weighted by Gasteiger charge is 2.16. The van der Waals surface area contributed by atoms with E-state index >= 15 is 0 Å². The number of imidazole rings is 1. The summed E-state index contributed by atoms with van der Waals surface area (Å²) < 4.78 is 2.71. The molecule has 0 atom stereocenters. The van der Waals surface area contributed by atoms with Gasteiger partial charge in [0, 0.05) is 31.4 Å². The van der Waals surface area contributed by atoms with E-state index in [2.05, 4.69) is 20.3 Å². The molecule has 0 spiro atoms. The molecule has 0 saturated heterocycles. The van der Waals surface area contributed by atoms with Crippen molar-refractivity contribution >= 4 is 17.0 Å². The van der Waals surface area contributed by atoms with Crippen LogP contribution in [0.4, 0.5) is 5.82 Å². The molecule has 0 saturated carbocycles. The van der Waals surface area contributed by atoms with E-state index in [0.29, 0.717) is 30.1 Å². The Labute approximate surface area is 138 Å². The lowest BCUT2D eigenvalue weighted by molar-refractivity contribution is 0.606. The van der Waals surface area contributed by atoms with Gasteiger partial charge in [0.2, 0.25) is 0 Å². The second kappa shape index (κ2) is 6.31. The summed E-state index contributed by atoms with van der Waals surface area (Å²) in [5.41, 5.74) is 0.784. The van der Waals surface area contributed by atoms with Crippen LogP contribution in [-0.4, -0.2) is 30.6 Å². The minimum absolute atomic E-state index is 0.320. The van der Waals surface area contributed by atoms with E-state index in [0.717, 1.165) is 17.9 Å². The summed E-state index contributed by atoms with van der Waals surface area (Å²) in [6, 6.07) is 3.72. The minimum Gasteiger partial charge on any atom is -0.370 e. The van der Waals surface area contributed by atoms with Crippen molar-refractivity contribution in [1.82, 2.24) is 24.1 Å². The van der Waals surface area contributed by atoms with Gasteiger partial charge in [-0.3, -0.25) is 13.9 Å². The van der Waals surface area contributed by atoms with Crippen LogP contribution in [0.5, 0.6) is 0 Å². The number of aromatic nitrogens is 5. The Balaban J connectivity index is 2.19. The molecular formula is C16H20N6O2. The zero-order valence-electron chi connectivity index (χ0n) is 14.0. The number of rotatable bonds is 5. The van der Waals surface area contributed by atoms with E-state index in [-0.39, 0.29) is 11.2 Å². The molecule has 0 bridgehead atoms. The lowest BCUT2D eigenvalue weighted by atomic mass is 10.2. The molecule has 3 aromatic rings. The van der Waals surface area contributed by atoms with Gasteiger partial charge in [0.25, 0.3) is 5.56 Å². The van der Waals surface area contributed by atoms with Gasteiger partial charge in [-0.25, -0.2) is 14.8 Å². The first-order chi connectivity index (χ1) is 11.6. The fourth-order valence-electron chi connectivity index (χ4n) is 2.69. The van der Waals surface area contributed by atoms with Crippen molar-refractivity contribution in [1.29, 1.82) is 0 Å². The monoisotopic (exact) mass is 328 g/mol. The van der Waals surface area contributed by atoms with Gasteiger partial charge in [0.05, 0.1) is 0 Å². The third kappa shape index (κ3) is 2.49. The van der Waals surface area contributed by atoms with Crippen molar-refractivity contribution in [2.75, 3.05) is 11.9 Å². The van der Waals surface area contributed by atoms with E-state index < -0.39 is 0 Å². The molecule has 3 heterocycles. The molecule has 0 amide bonds. The largest absolute Gasteiger partial charge is 0.370 e. The molecule has 0 aliphatic rings. The second-order valence-corrected chi connectivity index (χ2v) is 5.32. The summed E-state index contributed by atoms with van der Waals surface area (Å²) >= 11 is 0. The van der Waals surface area contributed by atoms with Crippen LogP contribution in [0.2, 0.25) is 0 Å². The fourth-order valence-corrected chi connectivity index (χ4v) is 2.69. The number of aromatic amines is 1. The van der Waals surface area contributed by atoms with E-state index in [9.17, 15) is 9.59 Å². The molecule has 3 aromatic heterocycles. The Hall–Kier alpha value is -2.90. The van der Waals surface area contributed by atoms with Crippen LogP contribution in [0.25, 0.3) is 22.6 Å². The number of fused-ring (bicyclic) bond motifs is 1. The Bertz CT molecular complexity index is 981. The van der Waals surface area contributed by atoms with Crippen molar-refractivity contribution in [3.05, 3.63) is 39.2 Å². The molecule has 8 heteroatoms. The zero-order chi connectivity index (χ0) is 17.3. The highest BCUT2D eigenvalue weighted by atomic mass is 16.2. The number of nitrogens with zero attached hydrogens (tertiary/aromatic N) is 4. The highest BCUT2D eigenvalue weighted by molar-refractivity contribution is 5.75. The molecule has 0 aromatic carbocycles. The third-order valence-corrected chi connectivity index (χ3v) is 3.89. The molecule has 3 rings (SSSR count). The molecule has 0 aliphatic carbocycles. The first-order valence-corrected chi connectivity index (χ1v) is 8.04. The van der Waals surface area contributed by atoms with Gasteiger partial charge in [-0.05, 0) is 32.9 Å². The fraction of sp³-hybridized carbons (Fsp3) is 0.375. The van der Waals surface area contributed by atoms with Crippen LogP contribution < -0.4 is 16.6 Å². The minimum atomic E-state index is -0.349. The Kier molecular flexibility index (Phi) is 4.20. The molecule has 0 unspecified atom stereocenters. The Morgan fingerprint density at radius 3 is 2.46 bits per heavy atom. The predicted octanol–water partition coefficient (Wildman–Crippen LogP) is 1.42. The highest BCUT2D eigenvalue weighted by Crippen LogP contribution is 2.18. The lowest BCUT2D eigenvalue weighted by Gasteiger charge is -2.06. The number of pyridine rings is 1. The summed E-state index contributed by atoms with van der Waals surface area (Å²) in [7, 11) is 0. The molecular weight excluding hydrogens is 308 g/mol. The average Bonchev–Trinajstić information content (AvgIpc) is 3.02. The number of hydrogen-bond donors (Lipinski definition) is 2. The number of nitrogens with one attached hydrogen (secondary N) is 2. The SMILES string of the molecule is CCNc1ccc(-c2nc3c([nH]2)c(=O)n(CC)c(=O)n3CC)cn1. The van der Waals surface area contributed by atoms with Crippen molar-refractivity contribution in [2.45, 2.75) is 33.9 Å². The molecule has 0 radical (unpaired) electrons. The van der Waals surface area contributed by atoms with Gasteiger partial charge >= 0.3 is 5.69 Å². The van der Waals surface area contributed by atoms with Gasteiger partial charge < -0.3 is 10.3 Å². The average molecular weight is 328 g/mol. The van der Waals surface area contributed by atoms with E-state index in [1.54, 1.807) is 13.1 Å². The number of aryl methyl sites for hydroxylation is 1. The molecule has 2 N–H and O–H groups in total. The van der Waals surface area contributed by atoms with Gasteiger partial charge in [-0.1, -0.05) is 0 Å². The summed E-state index contributed by atoms with van der Waals surface area (Å²) in [6.45, 7) is 7.17. The summed E-state index contributed by atoms with van der Waals surface area (Å²) in [4.78, 5) is 36.7. The summed E-state index contributed by atoms with van der Waals surface area (Å²) in [5.74, 6) is 1.30. The first kappa shape index (κ1) is 16.0. The second-order valence-electron chi connectivity index (χ2n) is 5.32. The maximum atomic E-state index is 12.5. The molecule has 0 fully saturated rings. The molecule has 24 heavy (non-hydrogen) atoms. The van der Waals surface area contributed by atoms with Crippen LogP contribution in [-0.2, 0) is 13.1 Å². The summed E-state index contributed by atoms with van der Waals surface area (Å²) in [5, 5.41) is 3.12. The van der Waals surface area contributed by atoms with Crippen molar-refractivity contribution in [3.63, 3.8) is 0 Å². The maximum Gasteiger partial charge on any atom is 0.332 e. The van der Waals surface area contributed by atoms with Gasteiger partial charge in [0.15, 0.2) is 5.65 Å². The van der Waals surface area contributed by atoms with E-state index in [4.69, 9.17) is 0 Å². The number of H-pyrrole nitrogens is 1. The van der Waals surface area contributed by atoms with Gasteiger partial charge in [0.1, 0.15) is 17.2 Å². The van der Waals surface area contributed by atoms with Crippen molar-refractivity contribution in [2.24, 2.45) is 0 Å². The first-order valence-electron chi connectivity index (χ1n) is 8.04. The normalized spacial score (nSPS) is 11.1. The molecule has 0 aliphatic heterocycles. The number of anilines is 1. The smallest absolute Gasteiger partial charge is 0.332 e. The number of hydrogen-bond acceptors (Lipinski definition) is 5. The predicted molar refractivity (Wildman–Crippen MR) is 93.4 cm³/mol. The van der Waals surface area contributed by atoms with Crippen LogP contribution in [0.15, 0.2) is 27.9 Å². The molecule has 126 valence electrons. The van der Waals surface area contributed by atoms with E-state index in [1.165, 1.54) is 9.13 Å². The quantitative estimate of drug-likeness (QED) is 0.738. The topological polar surface area (TPSA) is 97.6 Å². The van der Waals surface area contributed by atoms with Crippen LogP contribution in [0.1, 0.15) is 20.8 Å². The van der Waals surface area contributed by atoms with Crippen LogP contribution in [0, 0.1) is 0 Å². The van der Waals surface area contributed by atoms with Crippen molar-refractivity contribution in [3.8, 4) is 11.4 Å². The Morgan fingerprint density at radius 2 is 1.88 bits per heavy atom. The molecule has 8 nitrogen and oxygen atoms in total. The van der Waals surface area contributed by atoms with Gasteiger partial charge in [-0.2, -0.15) is 0 Å². The van der Waals surface area contributed by atoms with Crippen LogP contribution in [0.3, 0.4) is 0 Å². The van der Waals surface area contributed by atoms with E-state index in [1.807, 2.05) is 26.0 Å². The zero-order valence-corrected chi connectivity index (χ0v) is 14.0. The Morgan fingerprint density at radius 1 is 1.12 bits per heavy atom. The van der Waals surface area contributed by atoms with Crippen molar-refractivity contribution < 1.29 is 0 Å². The maximum absolute atomic E-state index is 12.5. The summed E-state index contributed by atoms with van der Waals surface area (Å²) in [6.07, 6.45) is 1.68. The van der Waals surface area contributed by atoms with Gasteiger partial charge in [-0.15, -0.1) is 0 Å².